The molecular weight excluding hydrogens is 252 g/mol. The lowest BCUT2D eigenvalue weighted by Crippen LogP contribution is -2.38. The maximum absolute atomic E-state index is 9.41. The number of anilines is 1. The molecule has 1 aliphatic rings. The van der Waals surface area contributed by atoms with E-state index in [9.17, 15) is 5.11 Å². The number of rotatable bonds is 6. The van der Waals surface area contributed by atoms with E-state index in [1.807, 2.05) is 11.7 Å². The van der Waals surface area contributed by atoms with Gasteiger partial charge in [-0.2, -0.15) is 5.10 Å². The van der Waals surface area contributed by atoms with E-state index in [2.05, 4.69) is 29.2 Å². The minimum atomic E-state index is 0.288. The second-order valence-corrected chi connectivity index (χ2v) is 5.82. The Labute approximate surface area is 122 Å². The number of hydrogen-bond donors (Lipinski definition) is 2. The first kappa shape index (κ1) is 15.3. The van der Waals surface area contributed by atoms with Gasteiger partial charge in [-0.15, -0.1) is 0 Å². The summed E-state index contributed by atoms with van der Waals surface area (Å²) < 4.78 is 2.00. The summed E-state index contributed by atoms with van der Waals surface area (Å²) in [6.07, 6.45) is 3.43. The van der Waals surface area contributed by atoms with Crippen LogP contribution in [0.25, 0.3) is 0 Å². The minimum Gasteiger partial charge on any atom is -0.396 e. The van der Waals surface area contributed by atoms with E-state index in [4.69, 9.17) is 0 Å². The first-order valence-electron chi connectivity index (χ1n) is 7.76. The van der Waals surface area contributed by atoms with Crippen LogP contribution in [0, 0.1) is 12.8 Å². The third-order valence-electron chi connectivity index (χ3n) is 4.12. The van der Waals surface area contributed by atoms with Crippen molar-refractivity contribution in [3.63, 3.8) is 0 Å². The highest BCUT2D eigenvalue weighted by Gasteiger charge is 2.24. The van der Waals surface area contributed by atoms with Gasteiger partial charge in [-0.05, 0) is 38.6 Å². The molecule has 20 heavy (non-hydrogen) atoms. The van der Waals surface area contributed by atoms with Crippen molar-refractivity contribution in [3.8, 4) is 0 Å². The number of aliphatic hydroxyl groups excluding tert-OH is 1. The van der Waals surface area contributed by atoms with E-state index in [0.717, 1.165) is 51.1 Å². The van der Waals surface area contributed by atoms with E-state index >= 15 is 0 Å². The van der Waals surface area contributed by atoms with Crippen molar-refractivity contribution in [2.45, 2.75) is 39.7 Å². The molecule has 1 unspecified atom stereocenters. The van der Waals surface area contributed by atoms with Gasteiger partial charge in [-0.25, -0.2) is 0 Å². The molecule has 0 bridgehead atoms. The predicted molar refractivity (Wildman–Crippen MR) is 82.0 cm³/mol. The summed E-state index contributed by atoms with van der Waals surface area (Å²) in [5.74, 6) is 1.62. The fraction of sp³-hybridized carbons (Fsp3) is 0.800. The molecule has 5 heteroatoms. The van der Waals surface area contributed by atoms with Crippen LogP contribution in [-0.4, -0.2) is 41.1 Å². The van der Waals surface area contributed by atoms with Crippen LogP contribution >= 0.6 is 0 Å². The third kappa shape index (κ3) is 3.33. The Balaban J connectivity index is 2.16. The predicted octanol–water partition coefficient (Wildman–Crippen LogP) is 1.44. The molecule has 1 saturated heterocycles. The molecule has 0 spiro atoms. The van der Waals surface area contributed by atoms with Crippen molar-refractivity contribution in [3.05, 3.63) is 11.3 Å². The van der Waals surface area contributed by atoms with Gasteiger partial charge in [-0.3, -0.25) is 4.68 Å². The van der Waals surface area contributed by atoms with Gasteiger partial charge in [-0.1, -0.05) is 6.92 Å². The number of aryl methyl sites for hydroxylation is 2. The third-order valence-corrected chi connectivity index (χ3v) is 4.12. The Morgan fingerprint density at radius 2 is 2.25 bits per heavy atom. The van der Waals surface area contributed by atoms with Gasteiger partial charge < -0.3 is 15.3 Å². The molecule has 5 nitrogen and oxygen atoms in total. The van der Waals surface area contributed by atoms with Crippen LogP contribution in [0.3, 0.4) is 0 Å². The van der Waals surface area contributed by atoms with Crippen molar-refractivity contribution < 1.29 is 5.11 Å². The Morgan fingerprint density at radius 1 is 1.45 bits per heavy atom. The summed E-state index contributed by atoms with van der Waals surface area (Å²) >= 11 is 0. The van der Waals surface area contributed by atoms with Crippen molar-refractivity contribution in [2.24, 2.45) is 13.0 Å². The molecule has 1 aromatic heterocycles. The second kappa shape index (κ2) is 7.09. The van der Waals surface area contributed by atoms with E-state index < -0.39 is 0 Å². The van der Waals surface area contributed by atoms with Gasteiger partial charge in [0.15, 0.2) is 0 Å². The van der Waals surface area contributed by atoms with Gasteiger partial charge in [0.05, 0.1) is 5.69 Å². The molecule has 0 aliphatic carbocycles. The van der Waals surface area contributed by atoms with Gasteiger partial charge in [0.1, 0.15) is 5.82 Å². The van der Waals surface area contributed by atoms with Crippen molar-refractivity contribution in [1.82, 2.24) is 15.1 Å². The Kier molecular flexibility index (Phi) is 5.43. The monoisotopic (exact) mass is 280 g/mol. The Morgan fingerprint density at radius 3 is 2.95 bits per heavy atom. The summed E-state index contributed by atoms with van der Waals surface area (Å²) in [5.41, 5.74) is 2.41. The normalized spacial score (nSPS) is 19.6. The molecule has 1 atom stereocenters. The SMILES string of the molecule is CCCNCc1c(C)nn(C)c1N1CCCC(CO)C1. The summed E-state index contributed by atoms with van der Waals surface area (Å²) in [6, 6.07) is 0. The number of aliphatic hydroxyl groups is 1. The standard InChI is InChI=1S/C15H28N4O/c1-4-7-16-9-14-12(2)17-18(3)15(14)19-8-5-6-13(10-19)11-20/h13,16,20H,4-11H2,1-3H3. The van der Waals surface area contributed by atoms with E-state index in [-0.39, 0.29) is 6.61 Å². The molecule has 2 N–H and O–H groups in total. The number of nitrogens with one attached hydrogen (secondary N) is 1. The van der Waals surface area contributed by atoms with Crippen LogP contribution in [0.2, 0.25) is 0 Å². The molecule has 0 radical (unpaired) electrons. The van der Waals surface area contributed by atoms with E-state index in [0.29, 0.717) is 5.92 Å². The van der Waals surface area contributed by atoms with Crippen molar-refractivity contribution in [1.29, 1.82) is 0 Å². The summed E-state index contributed by atoms with van der Waals surface area (Å²) in [4.78, 5) is 2.40. The Hall–Kier alpha value is -1.07. The highest BCUT2D eigenvalue weighted by atomic mass is 16.3. The molecule has 0 amide bonds. The van der Waals surface area contributed by atoms with Crippen molar-refractivity contribution >= 4 is 5.82 Å². The molecule has 1 fully saturated rings. The molecule has 0 saturated carbocycles. The number of piperidine rings is 1. The smallest absolute Gasteiger partial charge is 0.131 e. The molecule has 2 heterocycles. The molecule has 1 aliphatic heterocycles. The topological polar surface area (TPSA) is 53.3 Å². The average molecular weight is 280 g/mol. The molecule has 1 aromatic rings. The van der Waals surface area contributed by atoms with Gasteiger partial charge >= 0.3 is 0 Å². The lowest BCUT2D eigenvalue weighted by atomic mass is 9.98. The van der Waals surface area contributed by atoms with Crippen LogP contribution in [-0.2, 0) is 13.6 Å². The lowest BCUT2D eigenvalue weighted by Gasteiger charge is -2.34. The number of nitrogens with zero attached hydrogens (tertiary/aromatic N) is 3. The first-order chi connectivity index (χ1) is 9.67. The molecule has 0 aromatic carbocycles. The fourth-order valence-corrected chi connectivity index (χ4v) is 3.09. The zero-order chi connectivity index (χ0) is 14.5. The fourth-order valence-electron chi connectivity index (χ4n) is 3.09. The Bertz CT molecular complexity index is 430. The lowest BCUT2D eigenvalue weighted by molar-refractivity contribution is 0.208. The molecular formula is C15H28N4O. The first-order valence-corrected chi connectivity index (χ1v) is 7.76. The summed E-state index contributed by atoms with van der Waals surface area (Å²) in [5, 5.41) is 17.5. The zero-order valence-corrected chi connectivity index (χ0v) is 13.0. The summed E-state index contributed by atoms with van der Waals surface area (Å²) in [6.45, 7) is 8.47. The minimum absolute atomic E-state index is 0.288. The van der Waals surface area contributed by atoms with Crippen molar-refractivity contribution in [2.75, 3.05) is 31.1 Å². The highest BCUT2D eigenvalue weighted by Crippen LogP contribution is 2.27. The summed E-state index contributed by atoms with van der Waals surface area (Å²) in [7, 11) is 2.02. The second-order valence-electron chi connectivity index (χ2n) is 5.82. The maximum Gasteiger partial charge on any atom is 0.131 e. The quantitative estimate of drug-likeness (QED) is 0.774. The van der Waals surface area contributed by atoms with Gasteiger partial charge in [0.2, 0.25) is 0 Å². The average Bonchev–Trinajstić information content (AvgIpc) is 2.73. The highest BCUT2D eigenvalue weighted by molar-refractivity contribution is 5.50. The maximum atomic E-state index is 9.41. The largest absolute Gasteiger partial charge is 0.396 e. The van der Waals surface area contributed by atoms with Crippen LogP contribution < -0.4 is 10.2 Å². The molecule has 2 rings (SSSR count). The zero-order valence-electron chi connectivity index (χ0n) is 13.0. The van der Waals surface area contributed by atoms with Crippen LogP contribution in [0.4, 0.5) is 5.82 Å². The molecule has 114 valence electrons. The van der Waals surface area contributed by atoms with Crippen LogP contribution in [0.5, 0.6) is 0 Å². The van der Waals surface area contributed by atoms with Crippen LogP contribution in [0.1, 0.15) is 37.4 Å². The van der Waals surface area contributed by atoms with Gasteiger partial charge in [0, 0.05) is 38.9 Å². The number of aromatic nitrogens is 2. The van der Waals surface area contributed by atoms with E-state index in [1.165, 1.54) is 11.4 Å². The number of hydrogen-bond acceptors (Lipinski definition) is 4. The van der Waals surface area contributed by atoms with E-state index in [1.54, 1.807) is 0 Å². The van der Waals surface area contributed by atoms with Crippen LogP contribution in [0.15, 0.2) is 0 Å². The van der Waals surface area contributed by atoms with Gasteiger partial charge in [0.25, 0.3) is 0 Å².